The van der Waals surface area contributed by atoms with Crippen LogP contribution in [0.25, 0.3) is 27.8 Å². The molecule has 0 bridgehead atoms. The number of rotatable bonds is 5. The van der Waals surface area contributed by atoms with Crippen molar-refractivity contribution in [3.63, 3.8) is 0 Å². The summed E-state index contributed by atoms with van der Waals surface area (Å²) in [6, 6.07) is 14.6. The number of methoxy groups -OCH3 is 1. The molecule has 4 heterocycles. The summed E-state index contributed by atoms with van der Waals surface area (Å²) in [6.45, 7) is 0.271. The van der Waals surface area contributed by atoms with Gasteiger partial charge < -0.3 is 4.74 Å². The zero-order valence-electron chi connectivity index (χ0n) is 17.0. The Labute approximate surface area is 181 Å². The summed E-state index contributed by atoms with van der Waals surface area (Å²) in [6.07, 6.45) is 4.43. The molecule has 0 unspecified atom stereocenters. The van der Waals surface area contributed by atoms with Crippen molar-refractivity contribution in [2.75, 3.05) is 12.5 Å². The molecule has 0 fully saturated rings. The van der Waals surface area contributed by atoms with Crippen molar-refractivity contribution >= 4 is 22.6 Å². The van der Waals surface area contributed by atoms with Gasteiger partial charge in [-0.2, -0.15) is 5.10 Å². The van der Waals surface area contributed by atoms with Crippen molar-refractivity contribution < 1.29 is 9.53 Å². The number of benzene rings is 1. The molecule has 1 amide bonds. The number of pyridine rings is 2. The van der Waals surface area contributed by atoms with Gasteiger partial charge in [-0.3, -0.25) is 20.0 Å². The van der Waals surface area contributed by atoms with E-state index < -0.39 is 11.5 Å². The third kappa shape index (κ3) is 3.28. The monoisotopic (exact) mass is 427 g/mol. The molecule has 0 aliphatic heterocycles. The number of hydrogen-bond acceptors (Lipinski definition) is 7. The smallest absolute Gasteiger partial charge is 0.299 e. The summed E-state index contributed by atoms with van der Waals surface area (Å²) in [4.78, 5) is 29.3. The second-order valence-corrected chi connectivity index (χ2v) is 6.96. The van der Waals surface area contributed by atoms with Gasteiger partial charge in [-0.25, -0.2) is 9.19 Å². The van der Waals surface area contributed by atoms with E-state index in [0.717, 1.165) is 15.8 Å². The van der Waals surface area contributed by atoms with Gasteiger partial charge in [0.2, 0.25) is 0 Å². The molecule has 0 aliphatic rings. The lowest BCUT2D eigenvalue weighted by Gasteiger charge is -2.09. The van der Waals surface area contributed by atoms with Crippen molar-refractivity contribution in [1.82, 2.24) is 29.5 Å². The Balaban J connectivity index is 1.64. The van der Waals surface area contributed by atoms with Gasteiger partial charge >= 0.3 is 0 Å². The first-order chi connectivity index (χ1) is 15.7. The molecule has 158 valence electrons. The second-order valence-electron chi connectivity index (χ2n) is 6.96. The van der Waals surface area contributed by atoms with Gasteiger partial charge in [-0.15, -0.1) is 10.2 Å². The van der Waals surface area contributed by atoms with E-state index in [2.05, 4.69) is 25.7 Å². The Morgan fingerprint density at radius 3 is 2.69 bits per heavy atom. The van der Waals surface area contributed by atoms with Crippen LogP contribution in [0.3, 0.4) is 0 Å². The van der Waals surface area contributed by atoms with Gasteiger partial charge in [0.15, 0.2) is 11.2 Å². The molecule has 0 radical (unpaired) electrons. The molecule has 1 aromatic carbocycles. The molecule has 1 N–H and O–H groups in total. The minimum Gasteiger partial charge on any atom is -0.378 e. The number of aromatic nitrogens is 6. The number of hydrogen-bond donors (Lipinski definition) is 1. The summed E-state index contributed by atoms with van der Waals surface area (Å²) < 4.78 is 7.96. The molecular formula is C22H17N7O3. The minimum absolute atomic E-state index is 0.0672. The number of carbonyl (C=O) groups is 1. The zero-order chi connectivity index (χ0) is 22.1. The maximum Gasteiger partial charge on any atom is 0.299 e. The number of amides is 1. The van der Waals surface area contributed by atoms with E-state index in [1.807, 2.05) is 30.3 Å². The van der Waals surface area contributed by atoms with E-state index in [1.165, 1.54) is 12.4 Å². The molecule has 0 saturated carbocycles. The van der Waals surface area contributed by atoms with Crippen LogP contribution >= 0.6 is 0 Å². The maximum atomic E-state index is 13.0. The van der Waals surface area contributed by atoms with Crippen molar-refractivity contribution in [2.24, 2.45) is 0 Å². The lowest BCUT2D eigenvalue weighted by atomic mass is 10.1. The fourth-order valence-electron chi connectivity index (χ4n) is 3.49. The molecule has 0 saturated heterocycles. The van der Waals surface area contributed by atoms with Gasteiger partial charge in [0.05, 0.1) is 23.4 Å². The van der Waals surface area contributed by atoms with Gasteiger partial charge in [-0.1, -0.05) is 30.3 Å². The van der Waals surface area contributed by atoms with Crippen LogP contribution < -0.4 is 11.0 Å². The van der Waals surface area contributed by atoms with E-state index in [1.54, 1.807) is 36.0 Å². The fraction of sp³-hybridized carbons (Fsp3) is 0.0909. The maximum absolute atomic E-state index is 13.0. The molecule has 0 atom stereocenters. The van der Waals surface area contributed by atoms with Crippen LogP contribution in [0.5, 0.6) is 0 Å². The summed E-state index contributed by atoms with van der Waals surface area (Å²) in [5.74, 6) is -0.471. The van der Waals surface area contributed by atoms with Crippen molar-refractivity contribution in [1.29, 1.82) is 0 Å². The van der Waals surface area contributed by atoms with Crippen molar-refractivity contribution in [3.8, 4) is 11.1 Å². The predicted molar refractivity (Wildman–Crippen MR) is 117 cm³/mol. The molecule has 5 rings (SSSR count). The van der Waals surface area contributed by atoms with Crippen LogP contribution in [-0.4, -0.2) is 42.5 Å². The Hall–Kier alpha value is -4.44. The third-order valence-electron chi connectivity index (χ3n) is 4.94. The summed E-state index contributed by atoms with van der Waals surface area (Å²) in [5.41, 5.74) is 5.75. The molecular weight excluding hydrogens is 410 g/mol. The first-order valence-electron chi connectivity index (χ1n) is 9.73. The SMILES string of the molecule is COCc1nn2c(nnc3c(=O)n(NC(=O)c4cccnc4)ccc32)c1-c1ccccc1. The van der Waals surface area contributed by atoms with E-state index >= 15 is 0 Å². The zero-order valence-corrected chi connectivity index (χ0v) is 17.0. The average molecular weight is 427 g/mol. The van der Waals surface area contributed by atoms with Crippen LogP contribution in [0, 0.1) is 0 Å². The van der Waals surface area contributed by atoms with E-state index in [0.29, 0.717) is 22.4 Å². The minimum atomic E-state index is -0.529. The van der Waals surface area contributed by atoms with Gasteiger partial charge in [0.25, 0.3) is 11.5 Å². The molecule has 32 heavy (non-hydrogen) atoms. The molecule has 10 heteroatoms. The number of nitrogens with one attached hydrogen (secondary N) is 1. The highest BCUT2D eigenvalue weighted by atomic mass is 16.5. The molecule has 0 aliphatic carbocycles. The van der Waals surface area contributed by atoms with Crippen LogP contribution in [-0.2, 0) is 11.3 Å². The highest BCUT2D eigenvalue weighted by molar-refractivity contribution is 5.99. The van der Waals surface area contributed by atoms with E-state index in [4.69, 9.17) is 4.74 Å². The molecule has 5 aromatic rings. The normalized spacial score (nSPS) is 11.2. The highest BCUT2D eigenvalue weighted by Crippen LogP contribution is 2.28. The van der Waals surface area contributed by atoms with Crippen molar-refractivity contribution in [2.45, 2.75) is 6.61 Å². The van der Waals surface area contributed by atoms with E-state index in [-0.39, 0.29) is 12.1 Å². The predicted octanol–water partition coefficient (Wildman–Crippen LogP) is 2.03. The number of nitrogens with zero attached hydrogens (tertiary/aromatic N) is 6. The number of ether oxygens (including phenoxy) is 1. The Kier molecular flexibility index (Phi) is 4.88. The van der Waals surface area contributed by atoms with E-state index in [9.17, 15) is 9.59 Å². The first kappa shape index (κ1) is 19.5. The lowest BCUT2D eigenvalue weighted by molar-refractivity contribution is 0.101. The van der Waals surface area contributed by atoms with Crippen molar-refractivity contribution in [3.05, 3.63) is 88.7 Å². The van der Waals surface area contributed by atoms with Crippen LogP contribution in [0.1, 0.15) is 16.1 Å². The summed E-state index contributed by atoms with van der Waals surface area (Å²) in [5, 5.41) is 13.1. The molecule has 4 aromatic heterocycles. The first-order valence-corrected chi connectivity index (χ1v) is 9.73. The highest BCUT2D eigenvalue weighted by Gasteiger charge is 2.20. The van der Waals surface area contributed by atoms with Gasteiger partial charge in [0, 0.05) is 25.7 Å². The topological polar surface area (TPSA) is 116 Å². The third-order valence-corrected chi connectivity index (χ3v) is 4.94. The largest absolute Gasteiger partial charge is 0.378 e. The average Bonchev–Trinajstić information content (AvgIpc) is 3.20. The van der Waals surface area contributed by atoms with Gasteiger partial charge in [-0.05, 0) is 23.8 Å². The number of carbonyl (C=O) groups excluding carboxylic acids is 1. The fourth-order valence-corrected chi connectivity index (χ4v) is 3.49. The Morgan fingerprint density at radius 2 is 1.94 bits per heavy atom. The van der Waals surface area contributed by atoms with Crippen LogP contribution in [0.15, 0.2) is 71.9 Å². The standard InChI is InChI=1S/C22H17N7O3/c1-32-13-16-18(14-6-3-2-4-7-14)20-25-24-19-17(29(20)26-16)9-11-28(22(19)31)27-21(30)15-8-5-10-23-12-15/h2-12H,13H2,1H3,(H,27,30). The Bertz CT molecular complexity index is 1490. The van der Waals surface area contributed by atoms with Crippen LogP contribution in [0.2, 0.25) is 0 Å². The Morgan fingerprint density at radius 1 is 1.09 bits per heavy atom. The second kappa shape index (κ2) is 8.00. The summed E-state index contributed by atoms with van der Waals surface area (Å²) >= 11 is 0. The van der Waals surface area contributed by atoms with Gasteiger partial charge in [0.1, 0.15) is 5.52 Å². The molecule has 0 spiro atoms. The number of fused-ring (bicyclic) bond motifs is 3. The quantitative estimate of drug-likeness (QED) is 0.456. The summed E-state index contributed by atoms with van der Waals surface area (Å²) in [7, 11) is 1.59. The molecule has 10 nitrogen and oxygen atoms in total. The van der Waals surface area contributed by atoms with Crippen LogP contribution in [0.4, 0.5) is 0 Å². The lowest BCUT2D eigenvalue weighted by Crippen LogP contribution is -2.33.